The number of fused-ring (bicyclic) bond motifs is 1. The highest BCUT2D eigenvalue weighted by atomic mass is 79.9. The minimum atomic E-state index is -0.624. The quantitative estimate of drug-likeness (QED) is 0.211. The SMILES string of the molecule is O=C(/C=C/c1ccc(C(=O)N(Cc2ccc3cc(Br)ccc3n2)c2ccccc2)cc1)NO. The third-order valence-corrected chi connectivity index (χ3v) is 5.53. The molecular formula is C26H20BrN3O3. The standard InChI is InChI=1S/C26H20BrN3O3/c27-21-12-14-24-20(16-21)11-13-22(28-24)17-30(23-4-2-1-3-5-23)26(32)19-9-6-18(7-10-19)8-15-25(31)29-33/h1-16,33H,17H2,(H,29,31)/b15-8+. The van der Waals surface area contributed by atoms with Crippen molar-refractivity contribution in [2.75, 3.05) is 4.90 Å². The average molecular weight is 502 g/mol. The predicted molar refractivity (Wildman–Crippen MR) is 132 cm³/mol. The van der Waals surface area contributed by atoms with Gasteiger partial charge in [0.1, 0.15) is 0 Å². The van der Waals surface area contributed by atoms with Gasteiger partial charge in [-0.1, -0.05) is 52.3 Å². The lowest BCUT2D eigenvalue weighted by molar-refractivity contribution is -0.124. The molecule has 33 heavy (non-hydrogen) atoms. The number of carbonyl (C=O) groups is 2. The Labute approximate surface area is 199 Å². The van der Waals surface area contributed by atoms with Crippen LogP contribution >= 0.6 is 15.9 Å². The molecule has 0 atom stereocenters. The van der Waals surface area contributed by atoms with Crippen molar-refractivity contribution in [2.45, 2.75) is 6.54 Å². The van der Waals surface area contributed by atoms with Gasteiger partial charge in [-0.2, -0.15) is 0 Å². The molecule has 1 heterocycles. The molecule has 2 amide bonds. The second-order valence-corrected chi connectivity index (χ2v) is 8.21. The first kappa shape index (κ1) is 22.4. The number of para-hydroxylation sites is 1. The number of aromatic nitrogens is 1. The van der Waals surface area contributed by atoms with Crippen LogP contribution in [0.2, 0.25) is 0 Å². The monoisotopic (exact) mass is 501 g/mol. The van der Waals surface area contributed by atoms with Crippen LogP contribution in [0.3, 0.4) is 0 Å². The topological polar surface area (TPSA) is 82.5 Å². The van der Waals surface area contributed by atoms with Crippen LogP contribution < -0.4 is 10.4 Å². The first-order valence-electron chi connectivity index (χ1n) is 10.2. The van der Waals surface area contributed by atoms with Crippen molar-refractivity contribution in [3.8, 4) is 0 Å². The van der Waals surface area contributed by atoms with Gasteiger partial charge < -0.3 is 4.90 Å². The highest BCUT2D eigenvalue weighted by molar-refractivity contribution is 9.10. The molecule has 2 N–H and O–H groups in total. The second-order valence-electron chi connectivity index (χ2n) is 7.30. The molecule has 0 fully saturated rings. The summed E-state index contributed by atoms with van der Waals surface area (Å²) >= 11 is 3.48. The van der Waals surface area contributed by atoms with E-state index in [0.29, 0.717) is 12.1 Å². The first-order chi connectivity index (χ1) is 16.0. The van der Waals surface area contributed by atoms with Gasteiger partial charge in [-0.05, 0) is 60.2 Å². The maximum Gasteiger partial charge on any atom is 0.267 e. The van der Waals surface area contributed by atoms with Crippen LogP contribution in [0.25, 0.3) is 17.0 Å². The van der Waals surface area contributed by atoms with Gasteiger partial charge in [-0.15, -0.1) is 0 Å². The number of anilines is 1. The van der Waals surface area contributed by atoms with Crippen molar-refractivity contribution >= 4 is 50.4 Å². The number of hydroxylamine groups is 1. The second kappa shape index (κ2) is 10.2. The summed E-state index contributed by atoms with van der Waals surface area (Å²) in [6.45, 7) is 0.313. The van der Waals surface area contributed by atoms with Crippen LogP contribution in [-0.4, -0.2) is 22.0 Å². The molecule has 0 aliphatic carbocycles. The highest BCUT2D eigenvalue weighted by Crippen LogP contribution is 2.23. The lowest BCUT2D eigenvalue weighted by atomic mass is 10.1. The van der Waals surface area contributed by atoms with Gasteiger partial charge in [-0.3, -0.25) is 19.8 Å². The van der Waals surface area contributed by atoms with Gasteiger partial charge in [0.2, 0.25) is 0 Å². The Balaban J connectivity index is 1.62. The Morgan fingerprint density at radius 2 is 1.73 bits per heavy atom. The maximum atomic E-state index is 13.5. The third-order valence-electron chi connectivity index (χ3n) is 5.04. The summed E-state index contributed by atoms with van der Waals surface area (Å²) < 4.78 is 0.987. The zero-order chi connectivity index (χ0) is 23.2. The maximum absolute atomic E-state index is 13.5. The number of hydrogen-bond donors (Lipinski definition) is 2. The van der Waals surface area contributed by atoms with Gasteiger partial charge >= 0.3 is 0 Å². The van der Waals surface area contributed by atoms with Crippen LogP contribution in [0.1, 0.15) is 21.6 Å². The summed E-state index contributed by atoms with van der Waals surface area (Å²) in [5.74, 6) is -0.789. The van der Waals surface area contributed by atoms with E-state index in [0.717, 1.165) is 32.3 Å². The molecule has 0 saturated carbocycles. The fraction of sp³-hybridized carbons (Fsp3) is 0.0385. The molecule has 4 aromatic rings. The molecule has 0 radical (unpaired) electrons. The number of benzene rings is 3. The number of nitrogens with one attached hydrogen (secondary N) is 1. The summed E-state index contributed by atoms with van der Waals surface area (Å²) in [5, 5.41) is 9.60. The molecule has 0 spiro atoms. The van der Waals surface area contributed by atoms with Crippen LogP contribution in [-0.2, 0) is 11.3 Å². The van der Waals surface area contributed by atoms with Crippen LogP contribution in [0.15, 0.2) is 95.5 Å². The Kier molecular flexibility index (Phi) is 6.92. The van der Waals surface area contributed by atoms with Crippen molar-refractivity contribution in [1.82, 2.24) is 10.5 Å². The van der Waals surface area contributed by atoms with Crippen LogP contribution in [0.4, 0.5) is 5.69 Å². The molecule has 0 saturated heterocycles. The van der Waals surface area contributed by atoms with Gasteiger partial charge in [0.15, 0.2) is 0 Å². The highest BCUT2D eigenvalue weighted by Gasteiger charge is 2.19. The molecule has 7 heteroatoms. The number of amides is 2. The normalized spacial score (nSPS) is 11.0. The summed E-state index contributed by atoms with van der Waals surface area (Å²) in [7, 11) is 0. The Bertz CT molecular complexity index is 1320. The van der Waals surface area contributed by atoms with E-state index in [1.165, 1.54) is 6.08 Å². The zero-order valence-corrected chi connectivity index (χ0v) is 19.1. The van der Waals surface area contributed by atoms with Crippen molar-refractivity contribution in [2.24, 2.45) is 0 Å². The Morgan fingerprint density at radius 1 is 0.970 bits per heavy atom. The molecule has 0 bridgehead atoms. The lowest BCUT2D eigenvalue weighted by Gasteiger charge is -2.23. The largest absolute Gasteiger partial charge is 0.302 e. The molecule has 3 aromatic carbocycles. The Morgan fingerprint density at radius 3 is 2.45 bits per heavy atom. The van der Waals surface area contributed by atoms with Crippen molar-refractivity contribution in [1.29, 1.82) is 0 Å². The van der Waals surface area contributed by atoms with E-state index >= 15 is 0 Å². The minimum absolute atomic E-state index is 0.164. The van der Waals surface area contributed by atoms with Gasteiger partial charge in [-0.25, -0.2) is 5.48 Å². The van der Waals surface area contributed by atoms with E-state index in [4.69, 9.17) is 10.2 Å². The predicted octanol–water partition coefficient (Wildman–Crippen LogP) is 5.36. The van der Waals surface area contributed by atoms with Gasteiger partial charge in [0.25, 0.3) is 11.8 Å². The van der Waals surface area contributed by atoms with Crippen LogP contribution in [0, 0.1) is 0 Å². The lowest BCUT2D eigenvalue weighted by Crippen LogP contribution is -2.30. The fourth-order valence-electron chi connectivity index (χ4n) is 3.38. The van der Waals surface area contributed by atoms with E-state index in [9.17, 15) is 9.59 Å². The molecular weight excluding hydrogens is 482 g/mol. The van der Waals surface area contributed by atoms with E-state index in [-0.39, 0.29) is 5.91 Å². The number of halogens is 1. The molecule has 0 unspecified atom stereocenters. The number of carbonyl (C=O) groups excluding carboxylic acids is 2. The van der Waals surface area contributed by atoms with E-state index in [1.807, 2.05) is 60.7 Å². The van der Waals surface area contributed by atoms with Gasteiger partial charge in [0.05, 0.1) is 17.8 Å². The van der Waals surface area contributed by atoms with Crippen LogP contribution in [0.5, 0.6) is 0 Å². The van der Waals surface area contributed by atoms with Crippen molar-refractivity contribution < 1.29 is 14.8 Å². The number of nitrogens with zero attached hydrogens (tertiary/aromatic N) is 2. The fourth-order valence-corrected chi connectivity index (χ4v) is 3.76. The van der Waals surface area contributed by atoms with E-state index in [1.54, 1.807) is 40.7 Å². The molecule has 0 aliphatic rings. The van der Waals surface area contributed by atoms with Crippen molar-refractivity contribution in [3.63, 3.8) is 0 Å². The summed E-state index contributed by atoms with van der Waals surface area (Å²) in [4.78, 5) is 31.1. The summed E-state index contributed by atoms with van der Waals surface area (Å²) in [5.41, 5.74) is 5.17. The third kappa shape index (κ3) is 5.52. The molecule has 4 rings (SSSR count). The average Bonchev–Trinajstić information content (AvgIpc) is 2.86. The number of rotatable bonds is 6. The minimum Gasteiger partial charge on any atom is -0.302 e. The summed E-state index contributed by atoms with van der Waals surface area (Å²) in [6.07, 6.45) is 2.75. The Hall–Kier alpha value is -3.81. The molecule has 1 aromatic heterocycles. The molecule has 0 aliphatic heterocycles. The molecule has 164 valence electrons. The number of hydrogen-bond acceptors (Lipinski definition) is 4. The first-order valence-corrected chi connectivity index (χ1v) is 11.0. The smallest absolute Gasteiger partial charge is 0.267 e. The summed E-state index contributed by atoms with van der Waals surface area (Å²) in [6, 6.07) is 26.2. The number of pyridine rings is 1. The van der Waals surface area contributed by atoms with E-state index in [2.05, 4.69) is 15.9 Å². The molecule has 6 nitrogen and oxygen atoms in total. The zero-order valence-electron chi connectivity index (χ0n) is 17.5. The van der Waals surface area contributed by atoms with E-state index < -0.39 is 5.91 Å². The van der Waals surface area contributed by atoms with Gasteiger partial charge in [0, 0.05) is 27.2 Å². The van der Waals surface area contributed by atoms with Crippen molar-refractivity contribution in [3.05, 3.63) is 112 Å².